The molecule has 0 aliphatic carbocycles. The Labute approximate surface area is 127 Å². The van der Waals surface area contributed by atoms with E-state index < -0.39 is 11.6 Å². The highest BCUT2D eigenvalue weighted by Gasteiger charge is 2.11. The second-order valence-electron chi connectivity index (χ2n) is 4.67. The minimum Gasteiger partial charge on any atom is -0.497 e. The van der Waals surface area contributed by atoms with Gasteiger partial charge in [0.05, 0.1) is 25.7 Å². The van der Waals surface area contributed by atoms with Gasteiger partial charge in [0.2, 0.25) is 0 Å². The Kier molecular flexibility index (Phi) is 5.31. The molecule has 2 rings (SSSR count). The smallest absolute Gasteiger partial charge is 0.162 e. The van der Waals surface area contributed by atoms with Crippen molar-refractivity contribution in [1.29, 1.82) is 5.26 Å². The second-order valence-corrected chi connectivity index (χ2v) is 4.67. The third-order valence-electron chi connectivity index (χ3n) is 3.24. The van der Waals surface area contributed by atoms with Gasteiger partial charge in [0.25, 0.3) is 0 Å². The van der Waals surface area contributed by atoms with Crippen LogP contribution in [0.5, 0.6) is 11.5 Å². The third-order valence-corrected chi connectivity index (χ3v) is 3.24. The number of methoxy groups -OCH3 is 1. The van der Waals surface area contributed by atoms with Crippen molar-refractivity contribution in [2.75, 3.05) is 13.7 Å². The Balaban J connectivity index is 1.93. The highest BCUT2D eigenvalue weighted by Crippen LogP contribution is 2.23. The van der Waals surface area contributed by atoms with E-state index in [4.69, 9.17) is 9.47 Å². The molecule has 0 aliphatic rings. The molecule has 0 radical (unpaired) electrons. The molecule has 22 heavy (non-hydrogen) atoms. The molecular formula is C17H15F2NO2. The Bertz CT molecular complexity index is 665. The molecule has 0 spiro atoms. The van der Waals surface area contributed by atoms with Gasteiger partial charge in [0.1, 0.15) is 11.5 Å². The molecule has 2 aromatic carbocycles. The van der Waals surface area contributed by atoms with E-state index in [1.807, 2.05) is 12.1 Å². The lowest BCUT2D eigenvalue weighted by Gasteiger charge is -2.11. The molecule has 0 saturated heterocycles. The normalized spacial score (nSPS) is 11.5. The standard InChI is InChI=1S/C17H15F2NO2/c1-21-14-4-2-12(3-5-14)13(11-20)8-9-22-15-6-7-16(18)17(19)10-15/h2-7,10,13H,8-9H2,1H3. The van der Waals surface area contributed by atoms with Gasteiger partial charge < -0.3 is 9.47 Å². The summed E-state index contributed by atoms with van der Waals surface area (Å²) < 4.78 is 36.3. The lowest BCUT2D eigenvalue weighted by atomic mass is 9.97. The van der Waals surface area contributed by atoms with Gasteiger partial charge in [0, 0.05) is 12.5 Å². The fourth-order valence-corrected chi connectivity index (χ4v) is 2.00. The molecule has 0 amide bonds. The molecule has 0 heterocycles. The first-order valence-corrected chi connectivity index (χ1v) is 6.75. The van der Waals surface area contributed by atoms with Crippen molar-refractivity contribution >= 4 is 0 Å². The monoisotopic (exact) mass is 303 g/mol. The van der Waals surface area contributed by atoms with E-state index in [-0.39, 0.29) is 18.3 Å². The number of rotatable bonds is 6. The zero-order valence-corrected chi connectivity index (χ0v) is 12.1. The van der Waals surface area contributed by atoms with Crippen LogP contribution in [0.3, 0.4) is 0 Å². The average Bonchev–Trinajstić information content (AvgIpc) is 2.55. The summed E-state index contributed by atoms with van der Waals surface area (Å²) in [7, 11) is 1.58. The maximum atomic E-state index is 13.0. The molecule has 0 fully saturated rings. The Hall–Kier alpha value is -2.61. The Morgan fingerprint density at radius 2 is 1.73 bits per heavy atom. The van der Waals surface area contributed by atoms with Gasteiger partial charge >= 0.3 is 0 Å². The van der Waals surface area contributed by atoms with Crippen LogP contribution in [0.1, 0.15) is 17.9 Å². The number of hydrogen-bond acceptors (Lipinski definition) is 3. The predicted molar refractivity (Wildman–Crippen MR) is 77.8 cm³/mol. The van der Waals surface area contributed by atoms with E-state index in [2.05, 4.69) is 6.07 Å². The predicted octanol–water partition coefficient (Wildman–Crippen LogP) is 4.05. The van der Waals surface area contributed by atoms with Crippen LogP contribution >= 0.6 is 0 Å². The van der Waals surface area contributed by atoms with Gasteiger partial charge in [-0.2, -0.15) is 5.26 Å². The van der Waals surface area contributed by atoms with Gasteiger partial charge in [-0.05, 0) is 29.8 Å². The molecule has 2 aromatic rings. The summed E-state index contributed by atoms with van der Waals surface area (Å²) in [5.41, 5.74) is 0.859. The van der Waals surface area contributed by atoms with Crippen molar-refractivity contribution in [3.63, 3.8) is 0 Å². The maximum Gasteiger partial charge on any atom is 0.162 e. The van der Waals surface area contributed by atoms with Crippen molar-refractivity contribution in [1.82, 2.24) is 0 Å². The summed E-state index contributed by atoms with van der Waals surface area (Å²) in [6.45, 7) is 0.231. The van der Waals surface area contributed by atoms with E-state index in [1.54, 1.807) is 19.2 Å². The molecule has 0 saturated carbocycles. The number of nitriles is 1. The summed E-state index contributed by atoms with van der Waals surface area (Å²) >= 11 is 0. The number of halogens is 2. The van der Waals surface area contributed by atoms with E-state index in [9.17, 15) is 14.0 Å². The topological polar surface area (TPSA) is 42.2 Å². The fraction of sp³-hybridized carbons (Fsp3) is 0.235. The first-order chi connectivity index (χ1) is 10.6. The molecule has 0 bridgehead atoms. The van der Waals surface area contributed by atoms with Gasteiger partial charge in [-0.15, -0.1) is 0 Å². The first kappa shape index (κ1) is 15.8. The quantitative estimate of drug-likeness (QED) is 0.808. The Morgan fingerprint density at radius 1 is 1.05 bits per heavy atom. The molecule has 1 unspecified atom stereocenters. The van der Waals surface area contributed by atoms with Crippen LogP contribution in [0, 0.1) is 23.0 Å². The lowest BCUT2D eigenvalue weighted by Crippen LogP contribution is -2.05. The lowest BCUT2D eigenvalue weighted by molar-refractivity contribution is 0.303. The third kappa shape index (κ3) is 3.95. The van der Waals surface area contributed by atoms with Crippen molar-refractivity contribution < 1.29 is 18.3 Å². The van der Waals surface area contributed by atoms with Crippen molar-refractivity contribution in [2.45, 2.75) is 12.3 Å². The summed E-state index contributed by atoms with van der Waals surface area (Å²) in [6, 6.07) is 12.8. The zero-order valence-electron chi connectivity index (χ0n) is 12.1. The molecule has 0 aliphatic heterocycles. The van der Waals surface area contributed by atoms with Gasteiger partial charge in [-0.3, -0.25) is 0 Å². The van der Waals surface area contributed by atoms with Gasteiger partial charge in [-0.25, -0.2) is 8.78 Å². The molecular weight excluding hydrogens is 288 g/mol. The van der Waals surface area contributed by atoms with Crippen LogP contribution in [-0.2, 0) is 0 Å². The number of ether oxygens (including phenoxy) is 2. The van der Waals surface area contributed by atoms with Crippen molar-refractivity contribution in [3.05, 3.63) is 59.7 Å². The number of hydrogen-bond donors (Lipinski definition) is 0. The average molecular weight is 303 g/mol. The summed E-state index contributed by atoms with van der Waals surface area (Å²) in [5.74, 6) is -1.25. The summed E-state index contributed by atoms with van der Waals surface area (Å²) in [4.78, 5) is 0. The molecule has 114 valence electrons. The van der Waals surface area contributed by atoms with Crippen LogP contribution in [0.25, 0.3) is 0 Å². The van der Waals surface area contributed by atoms with Crippen LogP contribution < -0.4 is 9.47 Å². The minimum atomic E-state index is -0.954. The van der Waals surface area contributed by atoms with Crippen LogP contribution in [-0.4, -0.2) is 13.7 Å². The second kappa shape index (κ2) is 7.41. The Morgan fingerprint density at radius 3 is 2.32 bits per heavy atom. The van der Waals surface area contributed by atoms with Crippen LogP contribution in [0.2, 0.25) is 0 Å². The number of nitrogens with zero attached hydrogens (tertiary/aromatic N) is 1. The number of benzene rings is 2. The molecule has 5 heteroatoms. The van der Waals surface area contributed by atoms with Crippen molar-refractivity contribution in [3.8, 4) is 17.6 Å². The van der Waals surface area contributed by atoms with Gasteiger partial charge in [0.15, 0.2) is 11.6 Å². The molecule has 1 atom stereocenters. The van der Waals surface area contributed by atoms with Crippen LogP contribution in [0.4, 0.5) is 8.78 Å². The van der Waals surface area contributed by atoms with E-state index >= 15 is 0 Å². The minimum absolute atomic E-state index is 0.231. The fourth-order valence-electron chi connectivity index (χ4n) is 2.00. The molecule has 3 nitrogen and oxygen atoms in total. The van der Waals surface area contributed by atoms with Gasteiger partial charge in [-0.1, -0.05) is 12.1 Å². The zero-order chi connectivity index (χ0) is 15.9. The largest absolute Gasteiger partial charge is 0.497 e. The van der Waals surface area contributed by atoms with E-state index in [0.717, 1.165) is 23.4 Å². The summed E-state index contributed by atoms with van der Waals surface area (Å²) in [6.07, 6.45) is 0.446. The highest BCUT2D eigenvalue weighted by atomic mass is 19.2. The molecule has 0 aromatic heterocycles. The summed E-state index contributed by atoms with van der Waals surface area (Å²) in [5, 5.41) is 9.24. The van der Waals surface area contributed by atoms with E-state index in [0.29, 0.717) is 6.42 Å². The molecule has 0 N–H and O–H groups in total. The maximum absolute atomic E-state index is 13.0. The van der Waals surface area contributed by atoms with Crippen molar-refractivity contribution in [2.24, 2.45) is 0 Å². The SMILES string of the molecule is COc1ccc(C(C#N)CCOc2ccc(F)c(F)c2)cc1. The highest BCUT2D eigenvalue weighted by molar-refractivity contribution is 5.32. The van der Waals surface area contributed by atoms with Crippen LogP contribution in [0.15, 0.2) is 42.5 Å². The first-order valence-electron chi connectivity index (χ1n) is 6.75. The van der Waals surface area contributed by atoms with E-state index in [1.165, 1.54) is 6.07 Å².